The molecule has 7 heteroatoms. The van der Waals surface area contributed by atoms with Crippen LogP contribution in [0.3, 0.4) is 0 Å². The second-order valence-electron chi connectivity index (χ2n) is 9.71. The van der Waals surface area contributed by atoms with E-state index in [4.69, 9.17) is 5.21 Å². The van der Waals surface area contributed by atoms with Crippen LogP contribution in [0.5, 0.6) is 0 Å². The maximum Gasteiger partial charge on any atom is 0.264 e. The summed E-state index contributed by atoms with van der Waals surface area (Å²) < 4.78 is 22.7. The molecule has 0 saturated heterocycles. The first-order chi connectivity index (χ1) is 16.7. The fourth-order valence-electron chi connectivity index (χ4n) is 4.45. The number of hydrogen-bond acceptors (Lipinski definition) is 5. The van der Waals surface area contributed by atoms with E-state index in [1.54, 1.807) is 0 Å². The Hall–Kier alpha value is -2.48. The summed E-state index contributed by atoms with van der Waals surface area (Å²) in [4.78, 5) is 14.2. The Morgan fingerprint density at radius 3 is 2.14 bits per heavy atom. The van der Waals surface area contributed by atoms with Gasteiger partial charge in [-0.3, -0.25) is 14.9 Å². The van der Waals surface area contributed by atoms with Crippen molar-refractivity contribution in [2.24, 2.45) is 0 Å². The van der Waals surface area contributed by atoms with Crippen molar-refractivity contribution in [1.29, 1.82) is 0 Å². The lowest BCUT2D eigenvalue weighted by Gasteiger charge is -2.31. The molecule has 35 heavy (non-hydrogen) atoms. The minimum Gasteiger partial charge on any atom is -0.299 e. The first-order valence-electron chi connectivity index (χ1n) is 12.4. The third kappa shape index (κ3) is 6.81. The highest BCUT2D eigenvalue weighted by atomic mass is 32.2. The van der Waals surface area contributed by atoms with E-state index >= 15 is 0 Å². The lowest BCUT2D eigenvalue weighted by atomic mass is 9.95. The second kappa shape index (κ2) is 12.0. The van der Waals surface area contributed by atoms with E-state index in [0.717, 1.165) is 25.6 Å². The van der Waals surface area contributed by atoms with Crippen LogP contribution in [0.1, 0.15) is 57.1 Å². The van der Waals surface area contributed by atoms with E-state index in [-0.39, 0.29) is 6.42 Å². The zero-order valence-corrected chi connectivity index (χ0v) is 21.9. The Labute approximate surface area is 209 Å². The first-order valence-corrected chi connectivity index (χ1v) is 14.3. The molecule has 0 spiro atoms. The molecule has 1 heterocycles. The average Bonchev–Trinajstić information content (AvgIpc) is 2.87. The van der Waals surface area contributed by atoms with Crippen molar-refractivity contribution < 1.29 is 18.4 Å². The number of carbonyl (C=O) groups is 1. The van der Waals surface area contributed by atoms with Gasteiger partial charge >= 0.3 is 0 Å². The summed E-state index contributed by atoms with van der Waals surface area (Å²) in [5, 5.41) is 8.99. The molecule has 0 aliphatic carbocycles. The van der Waals surface area contributed by atoms with Crippen molar-refractivity contribution in [3.05, 3.63) is 65.7 Å². The molecule has 0 saturated carbocycles. The maximum atomic E-state index is 12.2. The van der Waals surface area contributed by atoms with E-state index in [1.165, 1.54) is 59.5 Å². The summed E-state index contributed by atoms with van der Waals surface area (Å²) in [5.41, 5.74) is 7.80. The number of hydroxylamine groups is 1. The van der Waals surface area contributed by atoms with Gasteiger partial charge in [0.1, 0.15) is 0 Å². The third-order valence-corrected chi connectivity index (χ3v) is 9.24. The van der Waals surface area contributed by atoms with E-state index in [0.29, 0.717) is 13.1 Å². The highest BCUT2D eigenvalue weighted by Crippen LogP contribution is 2.28. The number of unbranched alkanes of at least 4 members (excludes halogenated alkanes) is 2. The lowest BCUT2D eigenvalue weighted by molar-refractivity contribution is -0.131. The van der Waals surface area contributed by atoms with Gasteiger partial charge in [-0.2, -0.15) is 0 Å². The van der Waals surface area contributed by atoms with Crippen molar-refractivity contribution in [3.63, 3.8) is 0 Å². The zero-order chi connectivity index (χ0) is 25.5. The molecule has 0 bridgehead atoms. The van der Waals surface area contributed by atoms with Crippen molar-refractivity contribution >= 4 is 21.3 Å². The maximum absolute atomic E-state index is 12.2. The molecule has 6 nitrogen and oxygen atoms in total. The summed E-state index contributed by atoms with van der Waals surface area (Å²) in [5.74, 6) is -0.889. The topological polar surface area (TPSA) is 86.7 Å². The first kappa shape index (κ1) is 27.1. The predicted molar refractivity (Wildman–Crippen MR) is 142 cm³/mol. The van der Waals surface area contributed by atoms with Crippen LogP contribution in [0.4, 0.5) is 0 Å². The molecule has 1 atom stereocenters. The number of sulfone groups is 1. The van der Waals surface area contributed by atoms with Gasteiger partial charge in [0.05, 0.1) is 0 Å². The molecule has 2 aromatic rings. The SMILES string of the molecule is CCCCCc1ccc(-c2ccc(C3=CCN(CCC(C)(C(=O)NO)S(C)(=O)=O)CC3)cc2)cc1. The molecular formula is C28H38N2O4S. The summed E-state index contributed by atoms with van der Waals surface area (Å²) in [6.45, 7) is 5.52. The molecule has 0 aromatic heterocycles. The number of rotatable bonds is 11. The predicted octanol–water partition coefficient (Wildman–Crippen LogP) is 4.87. The fraction of sp³-hybridized carbons (Fsp3) is 0.464. The molecule has 1 amide bonds. The molecule has 190 valence electrons. The lowest BCUT2D eigenvalue weighted by Crippen LogP contribution is -2.51. The number of hydrogen-bond donors (Lipinski definition) is 2. The van der Waals surface area contributed by atoms with Gasteiger partial charge < -0.3 is 0 Å². The summed E-state index contributed by atoms with van der Waals surface area (Å²) in [7, 11) is -3.68. The quantitative estimate of drug-likeness (QED) is 0.262. The summed E-state index contributed by atoms with van der Waals surface area (Å²) in [6.07, 6.45) is 9.08. The zero-order valence-electron chi connectivity index (χ0n) is 21.1. The van der Waals surface area contributed by atoms with Crippen molar-refractivity contribution in [3.8, 4) is 11.1 Å². The molecule has 2 aromatic carbocycles. The van der Waals surface area contributed by atoms with Gasteiger partial charge in [0, 0.05) is 25.9 Å². The van der Waals surface area contributed by atoms with Crippen LogP contribution >= 0.6 is 0 Å². The van der Waals surface area contributed by atoms with E-state index in [9.17, 15) is 13.2 Å². The normalized spacial score (nSPS) is 16.4. The molecular weight excluding hydrogens is 460 g/mol. The molecule has 0 fully saturated rings. The largest absolute Gasteiger partial charge is 0.299 e. The van der Waals surface area contributed by atoms with E-state index in [2.05, 4.69) is 66.4 Å². The highest BCUT2D eigenvalue weighted by Gasteiger charge is 2.43. The van der Waals surface area contributed by atoms with Gasteiger partial charge in [-0.05, 0) is 60.4 Å². The number of nitrogens with one attached hydrogen (secondary N) is 1. The van der Waals surface area contributed by atoms with Crippen LogP contribution in [0.2, 0.25) is 0 Å². The molecule has 1 aliphatic rings. The van der Waals surface area contributed by atoms with Crippen LogP contribution in [0, 0.1) is 0 Å². The van der Waals surface area contributed by atoms with E-state index < -0.39 is 20.5 Å². The van der Waals surface area contributed by atoms with E-state index in [1.807, 2.05) is 0 Å². The van der Waals surface area contributed by atoms with Crippen molar-refractivity contribution in [2.45, 2.75) is 57.1 Å². The van der Waals surface area contributed by atoms with Crippen LogP contribution in [0.25, 0.3) is 16.7 Å². The Balaban J connectivity index is 1.59. The van der Waals surface area contributed by atoms with Gasteiger partial charge in [-0.15, -0.1) is 0 Å². The summed E-state index contributed by atoms with van der Waals surface area (Å²) >= 11 is 0. The van der Waals surface area contributed by atoms with Crippen LogP contribution < -0.4 is 5.48 Å². The Kier molecular flexibility index (Phi) is 9.27. The van der Waals surface area contributed by atoms with Gasteiger partial charge in [0.25, 0.3) is 5.91 Å². The number of carbonyl (C=O) groups excluding carboxylic acids is 1. The Morgan fingerprint density at radius 2 is 1.63 bits per heavy atom. The smallest absolute Gasteiger partial charge is 0.264 e. The fourth-order valence-corrected chi connectivity index (χ4v) is 5.30. The molecule has 1 unspecified atom stereocenters. The summed E-state index contributed by atoms with van der Waals surface area (Å²) in [6, 6.07) is 17.5. The Morgan fingerprint density at radius 1 is 1.03 bits per heavy atom. The molecule has 0 radical (unpaired) electrons. The van der Waals surface area contributed by atoms with Crippen LogP contribution in [0.15, 0.2) is 54.6 Å². The second-order valence-corrected chi connectivity index (χ2v) is 12.2. The minimum absolute atomic E-state index is 0.119. The van der Waals surface area contributed by atoms with Crippen molar-refractivity contribution in [2.75, 3.05) is 25.9 Å². The Bertz CT molecular complexity index is 1120. The monoisotopic (exact) mass is 498 g/mol. The van der Waals surface area contributed by atoms with Gasteiger partial charge in [0.2, 0.25) is 0 Å². The van der Waals surface area contributed by atoms with Gasteiger partial charge in [-0.1, -0.05) is 74.4 Å². The highest BCUT2D eigenvalue weighted by molar-refractivity contribution is 7.92. The van der Waals surface area contributed by atoms with Gasteiger partial charge in [0.15, 0.2) is 14.6 Å². The molecule has 3 rings (SSSR count). The number of nitrogens with zero attached hydrogens (tertiary/aromatic N) is 1. The number of benzene rings is 2. The van der Waals surface area contributed by atoms with Crippen LogP contribution in [-0.4, -0.2) is 55.1 Å². The van der Waals surface area contributed by atoms with Gasteiger partial charge in [-0.25, -0.2) is 13.9 Å². The minimum atomic E-state index is -3.68. The number of aryl methyl sites for hydroxylation is 1. The molecule has 1 aliphatic heterocycles. The van der Waals surface area contributed by atoms with Crippen LogP contribution in [-0.2, 0) is 21.1 Å². The third-order valence-electron chi connectivity index (χ3n) is 7.21. The average molecular weight is 499 g/mol. The number of amides is 1. The van der Waals surface area contributed by atoms with Crippen molar-refractivity contribution in [1.82, 2.24) is 10.4 Å². The standard InChI is InChI=1S/C28H38N2O4S/c1-4-5-6-7-22-8-10-23(11-9-22)24-12-14-25(15-13-24)26-16-19-30(20-17-26)21-18-28(2,27(31)29-32)35(3,33)34/h8-16,32H,4-7,17-21H2,1-3H3,(H,29,31). The molecule has 2 N–H and O–H groups in total.